The number of imidazole rings is 1. The molecule has 2 aromatic heterocycles. The zero-order valence-corrected chi connectivity index (χ0v) is 20.3. The summed E-state index contributed by atoms with van der Waals surface area (Å²) in [4.78, 5) is 36.5. The van der Waals surface area contributed by atoms with Crippen LogP contribution in [0.15, 0.2) is 67.5 Å². The second-order valence-electron chi connectivity index (χ2n) is 8.16. The van der Waals surface area contributed by atoms with Gasteiger partial charge in [0.05, 0.1) is 24.3 Å². The summed E-state index contributed by atoms with van der Waals surface area (Å²) in [6.45, 7) is 3.53. The quantitative estimate of drug-likeness (QED) is 0.363. The summed E-state index contributed by atoms with van der Waals surface area (Å²) in [7, 11) is 0. The number of carbonyl (C=O) groups excluding carboxylic acids is 2. The number of benzene rings is 2. The first-order chi connectivity index (χ1) is 18.1. The Balaban J connectivity index is 1.56. The molecule has 0 saturated carbocycles. The maximum Gasteiger partial charge on any atom is 0.416 e. The summed E-state index contributed by atoms with van der Waals surface area (Å²) in [5, 5.41) is 5.13. The van der Waals surface area contributed by atoms with E-state index in [0.29, 0.717) is 23.5 Å². The van der Waals surface area contributed by atoms with E-state index in [2.05, 4.69) is 37.4 Å². The minimum atomic E-state index is -4.61. The van der Waals surface area contributed by atoms with E-state index in [-0.39, 0.29) is 22.8 Å². The van der Waals surface area contributed by atoms with Crippen molar-refractivity contribution in [3.05, 3.63) is 95.5 Å². The van der Waals surface area contributed by atoms with Crippen LogP contribution in [0.25, 0.3) is 5.69 Å². The van der Waals surface area contributed by atoms with Gasteiger partial charge in [-0.1, -0.05) is 18.9 Å². The fourth-order valence-electron chi connectivity index (χ4n) is 3.33. The van der Waals surface area contributed by atoms with Crippen LogP contribution >= 0.6 is 0 Å². The summed E-state index contributed by atoms with van der Waals surface area (Å²) in [6.07, 6.45) is 2.82. The predicted molar refractivity (Wildman–Crippen MR) is 135 cm³/mol. The first kappa shape index (κ1) is 26.1. The number of rotatable bonds is 5. The normalized spacial score (nSPS) is 10.9. The van der Waals surface area contributed by atoms with Crippen LogP contribution in [0.5, 0.6) is 0 Å². The van der Waals surface area contributed by atoms with E-state index in [1.165, 1.54) is 41.7 Å². The Labute approximate surface area is 216 Å². The number of nitrogens with zero attached hydrogens (tertiary/aromatic N) is 4. The van der Waals surface area contributed by atoms with Crippen LogP contribution in [0.2, 0.25) is 0 Å². The number of anilines is 2. The molecule has 0 atom stereocenters. The molecule has 0 saturated heterocycles. The van der Waals surface area contributed by atoms with E-state index < -0.39 is 17.6 Å². The van der Waals surface area contributed by atoms with Crippen molar-refractivity contribution in [2.75, 3.05) is 10.6 Å². The molecule has 2 N–H and O–H groups in total. The zero-order chi connectivity index (χ0) is 27.3. The van der Waals surface area contributed by atoms with Gasteiger partial charge in [-0.05, 0) is 48.7 Å². The summed E-state index contributed by atoms with van der Waals surface area (Å²) in [5.41, 5.74) is 1.16. The van der Waals surface area contributed by atoms with Crippen LogP contribution in [-0.4, -0.2) is 31.3 Å². The van der Waals surface area contributed by atoms with Gasteiger partial charge < -0.3 is 15.2 Å². The monoisotopic (exact) mass is 518 g/mol. The highest BCUT2D eigenvalue weighted by Gasteiger charge is 2.31. The molecule has 2 aromatic carbocycles. The Bertz CT molecular complexity index is 1540. The van der Waals surface area contributed by atoms with Gasteiger partial charge in [-0.25, -0.2) is 15.0 Å². The van der Waals surface area contributed by atoms with Crippen molar-refractivity contribution in [1.29, 1.82) is 0 Å². The number of hydrogen-bond acceptors (Lipinski definition) is 5. The highest BCUT2D eigenvalue weighted by atomic mass is 19.4. The SMILES string of the molecule is CCC(=O)Nc1cnc(C#Cc2cc(C(=O)Nc3cc(-n4ccnc4)cc(C(F)(F)F)c3)ccc2C)cn1. The number of hydrogen-bond donors (Lipinski definition) is 2. The minimum absolute atomic E-state index is 0.0211. The Morgan fingerprint density at radius 2 is 1.84 bits per heavy atom. The molecule has 0 spiro atoms. The lowest BCUT2D eigenvalue weighted by atomic mass is 10.0. The summed E-state index contributed by atoms with van der Waals surface area (Å²) < 4.78 is 41.9. The molecule has 8 nitrogen and oxygen atoms in total. The largest absolute Gasteiger partial charge is 0.416 e. The second kappa shape index (κ2) is 11.0. The molecular formula is C27H21F3N6O2. The topological polar surface area (TPSA) is 102 Å². The van der Waals surface area contributed by atoms with Crippen molar-refractivity contribution >= 4 is 23.3 Å². The van der Waals surface area contributed by atoms with Crippen LogP contribution in [0.1, 0.15) is 46.1 Å². The molecule has 0 aliphatic heterocycles. The number of aromatic nitrogens is 4. The lowest BCUT2D eigenvalue weighted by Gasteiger charge is -2.14. The molecule has 2 amide bonds. The highest BCUT2D eigenvalue weighted by molar-refractivity contribution is 6.04. The van der Waals surface area contributed by atoms with Crippen LogP contribution in [0.4, 0.5) is 24.7 Å². The molecule has 192 valence electrons. The average molecular weight is 518 g/mol. The highest BCUT2D eigenvalue weighted by Crippen LogP contribution is 2.33. The zero-order valence-electron chi connectivity index (χ0n) is 20.3. The van der Waals surface area contributed by atoms with E-state index >= 15 is 0 Å². The molecular weight excluding hydrogens is 497 g/mol. The van der Waals surface area contributed by atoms with Gasteiger partial charge >= 0.3 is 6.18 Å². The smallest absolute Gasteiger partial charge is 0.322 e. The van der Waals surface area contributed by atoms with Gasteiger partial charge in [0.2, 0.25) is 5.91 Å². The minimum Gasteiger partial charge on any atom is -0.322 e. The third kappa shape index (κ3) is 6.41. The van der Waals surface area contributed by atoms with E-state index in [1.807, 2.05) is 6.92 Å². The Morgan fingerprint density at radius 3 is 2.50 bits per heavy atom. The third-order valence-corrected chi connectivity index (χ3v) is 5.37. The Morgan fingerprint density at radius 1 is 1.03 bits per heavy atom. The Kier molecular flexibility index (Phi) is 7.53. The molecule has 0 unspecified atom stereocenters. The molecule has 0 bridgehead atoms. The van der Waals surface area contributed by atoms with Crippen molar-refractivity contribution in [2.24, 2.45) is 0 Å². The summed E-state index contributed by atoms with van der Waals surface area (Å²) >= 11 is 0. The predicted octanol–water partition coefficient (Wildman–Crippen LogP) is 4.99. The van der Waals surface area contributed by atoms with Crippen molar-refractivity contribution in [1.82, 2.24) is 19.5 Å². The van der Waals surface area contributed by atoms with Gasteiger partial charge in [-0.2, -0.15) is 13.2 Å². The first-order valence-corrected chi connectivity index (χ1v) is 11.4. The fourth-order valence-corrected chi connectivity index (χ4v) is 3.33. The van der Waals surface area contributed by atoms with Crippen molar-refractivity contribution in [3.63, 3.8) is 0 Å². The average Bonchev–Trinajstić information content (AvgIpc) is 3.43. The second-order valence-corrected chi connectivity index (χ2v) is 8.16. The molecule has 11 heteroatoms. The van der Waals surface area contributed by atoms with Crippen LogP contribution < -0.4 is 10.6 Å². The number of halogens is 3. The maximum absolute atomic E-state index is 13.5. The lowest BCUT2D eigenvalue weighted by molar-refractivity contribution is -0.137. The molecule has 4 aromatic rings. The summed E-state index contributed by atoms with van der Waals surface area (Å²) in [6, 6.07) is 8.07. The van der Waals surface area contributed by atoms with Gasteiger partial charge in [-0.3, -0.25) is 9.59 Å². The molecule has 38 heavy (non-hydrogen) atoms. The third-order valence-electron chi connectivity index (χ3n) is 5.37. The number of aryl methyl sites for hydroxylation is 1. The van der Waals surface area contributed by atoms with Gasteiger partial charge in [0.25, 0.3) is 5.91 Å². The molecule has 2 heterocycles. The van der Waals surface area contributed by atoms with E-state index in [4.69, 9.17) is 0 Å². The van der Waals surface area contributed by atoms with E-state index in [1.54, 1.807) is 25.1 Å². The van der Waals surface area contributed by atoms with Crippen molar-refractivity contribution in [3.8, 4) is 17.5 Å². The van der Waals surface area contributed by atoms with Crippen LogP contribution in [-0.2, 0) is 11.0 Å². The van der Waals surface area contributed by atoms with Crippen molar-refractivity contribution < 1.29 is 22.8 Å². The molecule has 0 radical (unpaired) electrons. The molecule has 0 fully saturated rings. The van der Waals surface area contributed by atoms with Gasteiger partial charge in [0.15, 0.2) is 5.82 Å². The number of carbonyl (C=O) groups is 2. The van der Waals surface area contributed by atoms with Crippen LogP contribution in [0.3, 0.4) is 0 Å². The van der Waals surface area contributed by atoms with E-state index in [9.17, 15) is 22.8 Å². The van der Waals surface area contributed by atoms with Crippen molar-refractivity contribution in [2.45, 2.75) is 26.4 Å². The standard InChI is InChI=1S/C27H21F3N6O2/c1-3-25(37)35-24-15-32-21(14-33-24)7-6-18-10-19(5-4-17(18)2)26(38)34-22-11-20(27(28,29)30)12-23(13-22)36-9-8-31-16-36/h4-5,8-16H,3H2,1-2H3,(H,34,38)(H,33,35,37). The van der Waals surface area contributed by atoms with Gasteiger partial charge in [0.1, 0.15) is 5.69 Å². The number of alkyl halides is 3. The summed E-state index contributed by atoms with van der Waals surface area (Å²) in [5.74, 6) is 5.32. The molecule has 0 aliphatic carbocycles. The van der Waals surface area contributed by atoms with E-state index in [0.717, 1.165) is 17.7 Å². The number of nitrogens with one attached hydrogen (secondary N) is 2. The maximum atomic E-state index is 13.5. The van der Waals surface area contributed by atoms with Gasteiger partial charge in [-0.15, -0.1) is 0 Å². The molecule has 4 rings (SSSR count). The lowest BCUT2D eigenvalue weighted by Crippen LogP contribution is -2.14. The fraction of sp³-hybridized carbons (Fsp3) is 0.148. The van der Waals surface area contributed by atoms with Gasteiger partial charge in [0, 0.05) is 41.3 Å². The first-order valence-electron chi connectivity index (χ1n) is 11.4. The Hall–Kier alpha value is -4.98. The van der Waals surface area contributed by atoms with Crippen LogP contribution in [0, 0.1) is 18.8 Å². The molecule has 0 aliphatic rings. The number of amides is 2.